The fraction of sp³-hybridized carbons (Fsp3) is 0.781. The van der Waals surface area contributed by atoms with Crippen LogP contribution in [0.15, 0.2) is 23.9 Å². The van der Waals surface area contributed by atoms with Gasteiger partial charge in [0.25, 0.3) is 0 Å². The van der Waals surface area contributed by atoms with E-state index in [2.05, 4.69) is 59.0 Å². The number of ketones is 1. The van der Waals surface area contributed by atoms with Crippen LogP contribution < -0.4 is 0 Å². The highest BCUT2D eigenvalue weighted by molar-refractivity contribution is 6.02. The molecule has 36 heavy (non-hydrogen) atoms. The molecule has 4 fully saturated rings. The third-order valence-electron chi connectivity index (χ3n) is 13.1. The summed E-state index contributed by atoms with van der Waals surface area (Å²) in [4.78, 5) is 30.3. The first kappa shape index (κ1) is 25.7. The molecule has 5 aliphatic rings. The van der Waals surface area contributed by atoms with Crippen LogP contribution in [0.3, 0.4) is 0 Å². The molecule has 4 nitrogen and oxygen atoms in total. The molecule has 0 aromatic carbocycles. The van der Waals surface area contributed by atoms with Crippen molar-refractivity contribution in [1.29, 1.82) is 0 Å². The lowest BCUT2D eigenvalue weighted by molar-refractivity contribution is -0.222. The van der Waals surface area contributed by atoms with Gasteiger partial charge in [-0.3, -0.25) is 4.79 Å². The number of methoxy groups -OCH3 is 1. The summed E-state index contributed by atoms with van der Waals surface area (Å²) < 4.78 is 5.47. The number of hydrogen-bond acceptors (Lipinski definition) is 3. The molecular weight excluding hydrogens is 446 g/mol. The standard InChI is InChI=1S/C32H45NO3/c1-19(2)20-12-15-32(27(35)36-9)17-16-30(6)21(25(20)32)10-11-24-29(5)18-22(33-8)26(34)28(3,4)23(29)13-14-31(24,30)7/h18,20-21,23-25H,1,10-17H2,2-7,9H3/t20-,21+,23-,24+,25+,29-,30+,31+,32-/m0/s1. The summed E-state index contributed by atoms with van der Waals surface area (Å²) >= 11 is 0. The van der Waals surface area contributed by atoms with Crippen LogP contribution in [-0.2, 0) is 14.3 Å². The summed E-state index contributed by atoms with van der Waals surface area (Å²) in [6, 6.07) is 0. The molecule has 0 saturated heterocycles. The minimum Gasteiger partial charge on any atom is -0.469 e. The minimum absolute atomic E-state index is 0.00146. The number of allylic oxidation sites excluding steroid dienone is 3. The number of hydrogen-bond donors (Lipinski definition) is 0. The molecule has 0 amide bonds. The number of esters is 1. The van der Waals surface area contributed by atoms with Crippen molar-refractivity contribution in [2.45, 2.75) is 92.9 Å². The van der Waals surface area contributed by atoms with Crippen molar-refractivity contribution in [1.82, 2.24) is 0 Å². The zero-order chi connectivity index (χ0) is 26.5. The smallest absolute Gasteiger partial charge is 0.312 e. The summed E-state index contributed by atoms with van der Waals surface area (Å²) in [7, 11) is 1.56. The Labute approximate surface area is 218 Å². The molecule has 0 aromatic rings. The van der Waals surface area contributed by atoms with Crippen LogP contribution in [0.25, 0.3) is 4.85 Å². The minimum atomic E-state index is -0.508. The van der Waals surface area contributed by atoms with E-state index in [1.165, 1.54) is 5.57 Å². The number of Topliss-reactive ketones (excluding diaryl/α,β-unsaturated/α-hetero) is 1. The normalized spacial score (nSPS) is 48.9. The molecule has 0 radical (unpaired) electrons. The maximum absolute atomic E-state index is 13.4. The summed E-state index contributed by atoms with van der Waals surface area (Å²) in [5.41, 5.74) is 0.706. The van der Waals surface area contributed by atoms with Crippen LogP contribution in [0.4, 0.5) is 0 Å². The number of fused-ring (bicyclic) bond motifs is 7. The third-order valence-corrected chi connectivity index (χ3v) is 13.1. The lowest BCUT2D eigenvalue weighted by atomic mass is 9.33. The third kappa shape index (κ3) is 2.87. The van der Waals surface area contributed by atoms with Crippen LogP contribution in [-0.4, -0.2) is 18.9 Å². The molecule has 0 bridgehead atoms. The fourth-order valence-corrected chi connectivity index (χ4v) is 11.3. The van der Waals surface area contributed by atoms with Crippen molar-refractivity contribution < 1.29 is 14.3 Å². The average molecular weight is 492 g/mol. The largest absolute Gasteiger partial charge is 0.469 e. The summed E-state index contributed by atoms with van der Waals surface area (Å²) in [5, 5.41) is 0. The van der Waals surface area contributed by atoms with Crippen LogP contribution in [0.1, 0.15) is 92.9 Å². The Morgan fingerprint density at radius 1 is 1.00 bits per heavy atom. The van der Waals surface area contributed by atoms with Crippen LogP contribution in [0.5, 0.6) is 0 Å². The topological polar surface area (TPSA) is 47.7 Å². The van der Waals surface area contributed by atoms with Gasteiger partial charge in [0.2, 0.25) is 5.70 Å². The van der Waals surface area contributed by atoms with Crippen molar-refractivity contribution in [3.8, 4) is 0 Å². The Hall–Kier alpha value is -1.89. The van der Waals surface area contributed by atoms with Crippen molar-refractivity contribution in [3.63, 3.8) is 0 Å². The lowest BCUT2D eigenvalue weighted by Crippen LogP contribution is -2.66. The summed E-state index contributed by atoms with van der Waals surface area (Å²) in [5.74, 6) is 1.83. The van der Waals surface area contributed by atoms with Crippen LogP contribution in [0.2, 0.25) is 0 Å². The molecule has 0 heterocycles. The summed E-state index contributed by atoms with van der Waals surface area (Å²) in [6.07, 6.45) is 10.3. The molecule has 9 atom stereocenters. The van der Waals surface area contributed by atoms with Crippen molar-refractivity contribution in [3.05, 3.63) is 35.3 Å². The van der Waals surface area contributed by atoms with Gasteiger partial charge in [-0.15, -0.1) is 0 Å². The summed E-state index contributed by atoms with van der Waals surface area (Å²) in [6.45, 7) is 25.9. The Kier molecular flexibility index (Phi) is 5.59. The number of nitrogens with zero attached hydrogens (tertiary/aromatic N) is 1. The number of rotatable bonds is 2. The van der Waals surface area contributed by atoms with E-state index in [0.29, 0.717) is 29.4 Å². The van der Waals surface area contributed by atoms with Gasteiger partial charge in [-0.05, 0) is 104 Å². The van der Waals surface area contributed by atoms with Crippen molar-refractivity contribution in [2.75, 3.05) is 7.11 Å². The van der Waals surface area contributed by atoms with Gasteiger partial charge >= 0.3 is 5.97 Å². The molecule has 0 spiro atoms. The zero-order valence-corrected chi connectivity index (χ0v) is 23.5. The first-order valence-electron chi connectivity index (χ1n) is 14.1. The average Bonchev–Trinajstić information content (AvgIpc) is 3.22. The van der Waals surface area contributed by atoms with Gasteiger partial charge in [-0.1, -0.05) is 52.8 Å². The molecule has 0 unspecified atom stereocenters. The van der Waals surface area contributed by atoms with Gasteiger partial charge in [0.1, 0.15) is 0 Å². The quantitative estimate of drug-likeness (QED) is 0.229. The molecule has 4 heteroatoms. The van der Waals surface area contributed by atoms with Gasteiger partial charge in [-0.2, -0.15) is 0 Å². The first-order valence-corrected chi connectivity index (χ1v) is 14.1. The second-order valence-corrected chi connectivity index (χ2v) is 14.4. The maximum Gasteiger partial charge on any atom is 0.312 e. The van der Waals surface area contributed by atoms with Crippen LogP contribution >= 0.6 is 0 Å². The highest BCUT2D eigenvalue weighted by Crippen LogP contribution is 2.77. The number of carbonyl (C=O) groups is 2. The SMILES string of the molecule is [C-]#[N+]C1=C[C@]2(C)[C@H]3CC[C@@H]4[C@H]5[C@H](C(=C)C)CC[C@]5(C(=O)OC)CC[C@@]4(C)[C@]3(C)CC[C@H]2C(C)(C)C1=O. The van der Waals surface area contributed by atoms with Gasteiger partial charge in [0, 0.05) is 5.41 Å². The number of ether oxygens (including phenoxy) is 1. The lowest BCUT2D eigenvalue weighted by Gasteiger charge is -2.71. The second-order valence-electron chi connectivity index (χ2n) is 14.4. The predicted molar refractivity (Wildman–Crippen MR) is 141 cm³/mol. The molecule has 4 saturated carbocycles. The highest BCUT2D eigenvalue weighted by atomic mass is 16.5. The van der Waals surface area contributed by atoms with Gasteiger partial charge < -0.3 is 9.53 Å². The van der Waals surface area contributed by atoms with Crippen molar-refractivity contribution >= 4 is 11.8 Å². The van der Waals surface area contributed by atoms with E-state index >= 15 is 0 Å². The molecular formula is C32H45NO3. The molecule has 0 aliphatic heterocycles. The Morgan fingerprint density at radius 3 is 2.31 bits per heavy atom. The molecule has 5 rings (SSSR count). The van der Waals surface area contributed by atoms with E-state index in [0.717, 1.165) is 51.4 Å². The Balaban J connectivity index is 1.62. The number of carbonyl (C=O) groups excluding carboxylic acids is 2. The van der Waals surface area contributed by atoms with Crippen LogP contribution in [0, 0.1) is 63.2 Å². The Morgan fingerprint density at radius 2 is 1.69 bits per heavy atom. The molecule has 5 aliphatic carbocycles. The van der Waals surface area contributed by atoms with Crippen molar-refractivity contribution in [2.24, 2.45) is 56.7 Å². The van der Waals surface area contributed by atoms with E-state index in [9.17, 15) is 9.59 Å². The zero-order valence-electron chi connectivity index (χ0n) is 23.5. The highest BCUT2D eigenvalue weighted by Gasteiger charge is 2.72. The van der Waals surface area contributed by atoms with Gasteiger partial charge in [0.15, 0.2) is 5.78 Å². The van der Waals surface area contributed by atoms with E-state index in [4.69, 9.17) is 11.3 Å². The predicted octanol–water partition coefficient (Wildman–Crippen LogP) is 7.41. The first-order chi connectivity index (χ1) is 16.7. The van der Waals surface area contributed by atoms with E-state index in [1.54, 1.807) is 7.11 Å². The van der Waals surface area contributed by atoms with E-state index in [1.807, 2.05) is 0 Å². The van der Waals surface area contributed by atoms with Gasteiger partial charge in [0.05, 0.1) is 19.1 Å². The van der Waals surface area contributed by atoms with E-state index in [-0.39, 0.29) is 39.3 Å². The maximum atomic E-state index is 13.4. The second kappa shape index (κ2) is 7.81. The molecule has 0 N–H and O–H groups in total. The Bertz CT molecular complexity index is 1100. The molecule has 0 aromatic heterocycles. The van der Waals surface area contributed by atoms with E-state index < -0.39 is 5.41 Å². The monoisotopic (exact) mass is 491 g/mol. The van der Waals surface area contributed by atoms with Gasteiger partial charge in [-0.25, -0.2) is 4.85 Å². The fourth-order valence-electron chi connectivity index (χ4n) is 11.3. The molecule has 196 valence electrons.